The van der Waals surface area contributed by atoms with Crippen LogP contribution in [-0.2, 0) is 16.0 Å². The molecular weight excluding hydrogens is 305 g/mol. The molecule has 0 heterocycles. The van der Waals surface area contributed by atoms with Crippen molar-refractivity contribution in [3.05, 3.63) is 33.3 Å². The molecule has 0 aromatic heterocycles. The fourth-order valence-electron chi connectivity index (χ4n) is 1.53. The molecule has 1 atom stereocenters. The maximum Gasteiger partial charge on any atom is 0.171 e. The molecule has 0 bridgehead atoms. The van der Waals surface area contributed by atoms with Crippen LogP contribution in [0, 0.1) is 0 Å². The van der Waals surface area contributed by atoms with Gasteiger partial charge in [0.15, 0.2) is 6.29 Å². The first kappa shape index (κ1) is 14.9. The Labute approximate surface area is 116 Å². The van der Waals surface area contributed by atoms with E-state index in [-0.39, 0.29) is 12.3 Å². The van der Waals surface area contributed by atoms with Gasteiger partial charge in [-0.2, -0.15) is 0 Å². The molecule has 1 aromatic rings. The highest BCUT2D eigenvalue weighted by Gasteiger charge is 2.14. The van der Waals surface area contributed by atoms with Crippen molar-refractivity contribution in [1.82, 2.24) is 5.32 Å². The summed E-state index contributed by atoms with van der Waals surface area (Å²) in [6.07, 6.45) is -0.245. The Balaban J connectivity index is 2.52. The van der Waals surface area contributed by atoms with Crippen molar-refractivity contribution in [2.45, 2.75) is 25.8 Å². The topological polar surface area (TPSA) is 30.5 Å². The van der Waals surface area contributed by atoms with Crippen LogP contribution in [0.15, 0.2) is 22.7 Å². The third-order valence-electron chi connectivity index (χ3n) is 2.49. The largest absolute Gasteiger partial charge is 0.354 e. The Kier molecular flexibility index (Phi) is 6.44. The van der Waals surface area contributed by atoms with E-state index < -0.39 is 0 Å². The van der Waals surface area contributed by atoms with Gasteiger partial charge in [0.05, 0.1) is 11.1 Å². The molecule has 5 heteroatoms. The van der Waals surface area contributed by atoms with E-state index in [1.807, 2.05) is 25.1 Å². The summed E-state index contributed by atoms with van der Waals surface area (Å²) in [5.74, 6) is 0. The molecule has 1 aromatic carbocycles. The summed E-state index contributed by atoms with van der Waals surface area (Å²) in [6.45, 7) is 2.75. The highest BCUT2D eigenvalue weighted by molar-refractivity contribution is 9.10. The zero-order valence-corrected chi connectivity index (χ0v) is 12.5. The quantitative estimate of drug-likeness (QED) is 0.816. The Bertz CT molecular complexity index is 358. The van der Waals surface area contributed by atoms with E-state index in [2.05, 4.69) is 21.2 Å². The standard InChI is InChI=1S/C12H17BrClNO2/c1-8(12(16-2)17-3)15-7-9-4-5-11(14)10(13)6-9/h4-6,8,12,15H,7H2,1-3H3. The Morgan fingerprint density at radius 2 is 2.00 bits per heavy atom. The summed E-state index contributed by atoms with van der Waals surface area (Å²) in [4.78, 5) is 0. The van der Waals surface area contributed by atoms with Gasteiger partial charge in [-0.3, -0.25) is 0 Å². The average molecular weight is 323 g/mol. The molecule has 0 spiro atoms. The molecular formula is C12H17BrClNO2. The lowest BCUT2D eigenvalue weighted by atomic mass is 10.2. The zero-order chi connectivity index (χ0) is 12.8. The maximum atomic E-state index is 5.93. The first-order chi connectivity index (χ1) is 8.08. The van der Waals surface area contributed by atoms with E-state index in [4.69, 9.17) is 21.1 Å². The lowest BCUT2D eigenvalue weighted by Gasteiger charge is -2.22. The third kappa shape index (κ3) is 4.56. The number of rotatable bonds is 6. The molecule has 0 fully saturated rings. The van der Waals surface area contributed by atoms with Gasteiger partial charge in [-0.05, 0) is 40.5 Å². The van der Waals surface area contributed by atoms with E-state index in [1.54, 1.807) is 14.2 Å². The summed E-state index contributed by atoms with van der Waals surface area (Å²) in [5, 5.41) is 4.05. The highest BCUT2D eigenvalue weighted by atomic mass is 79.9. The third-order valence-corrected chi connectivity index (χ3v) is 3.70. The first-order valence-corrected chi connectivity index (χ1v) is 6.48. The molecule has 0 aliphatic rings. The minimum atomic E-state index is -0.245. The second-order valence-electron chi connectivity index (χ2n) is 3.76. The lowest BCUT2D eigenvalue weighted by molar-refractivity contribution is -0.119. The molecule has 0 saturated heterocycles. The Morgan fingerprint density at radius 3 is 2.53 bits per heavy atom. The second kappa shape index (κ2) is 7.34. The van der Waals surface area contributed by atoms with Crippen LogP contribution >= 0.6 is 27.5 Å². The predicted molar refractivity (Wildman–Crippen MR) is 73.3 cm³/mol. The van der Waals surface area contributed by atoms with Gasteiger partial charge in [-0.1, -0.05) is 17.7 Å². The number of benzene rings is 1. The average Bonchev–Trinajstić information content (AvgIpc) is 2.32. The summed E-state index contributed by atoms with van der Waals surface area (Å²) in [7, 11) is 3.26. The predicted octanol–water partition coefficient (Wildman–Crippen LogP) is 3.20. The number of hydrogen-bond donors (Lipinski definition) is 1. The second-order valence-corrected chi connectivity index (χ2v) is 5.02. The van der Waals surface area contributed by atoms with Gasteiger partial charge in [0.1, 0.15) is 0 Å². The minimum absolute atomic E-state index is 0.111. The molecule has 1 rings (SSSR count). The Morgan fingerprint density at radius 1 is 1.35 bits per heavy atom. The van der Waals surface area contributed by atoms with E-state index in [0.717, 1.165) is 16.6 Å². The van der Waals surface area contributed by atoms with Gasteiger partial charge in [-0.25, -0.2) is 0 Å². The summed E-state index contributed by atoms with van der Waals surface area (Å²) < 4.78 is 11.3. The molecule has 96 valence electrons. The molecule has 1 N–H and O–H groups in total. The maximum absolute atomic E-state index is 5.93. The minimum Gasteiger partial charge on any atom is -0.354 e. The van der Waals surface area contributed by atoms with Crippen molar-refractivity contribution < 1.29 is 9.47 Å². The van der Waals surface area contributed by atoms with Crippen LogP contribution in [0.5, 0.6) is 0 Å². The van der Waals surface area contributed by atoms with Gasteiger partial charge in [0, 0.05) is 25.2 Å². The van der Waals surface area contributed by atoms with Crippen LogP contribution in [0.4, 0.5) is 0 Å². The molecule has 0 aliphatic heterocycles. The molecule has 0 amide bonds. The molecule has 0 saturated carbocycles. The number of nitrogens with one attached hydrogen (secondary N) is 1. The number of methoxy groups -OCH3 is 2. The number of hydrogen-bond acceptors (Lipinski definition) is 3. The molecule has 3 nitrogen and oxygen atoms in total. The van der Waals surface area contributed by atoms with Crippen LogP contribution in [0.25, 0.3) is 0 Å². The summed E-state index contributed by atoms with van der Waals surface area (Å²) in [6, 6.07) is 5.97. The summed E-state index contributed by atoms with van der Waals surface area (Å²) >= 11 is 9.33. The van der Waals surface area contributed by atoms with E-state index >= 15 is 0 Å². The van der Waals surface area contributed by atoms with E-state index in [9.17, 15) is 0 Å². The molecule has 0 aliphatic carbocycles. The van der Waals surface area contributed by atoms with Gasteiger partial charge in [-0.15, -0.1) is 0 Å². The molecule has 0 radical (unpaired) electrons. The zero-order valence-electron chi connectivity index (χ0n) is 10.2. The summed E-state index contributed by atoms with van der Waals surface area (Å²) in [5.41, 5.74) is 1.15. The van der Waals surface area contributed by atoms with Crippen molar-refractivity contribution in [3.63, 3.8) is 0 Å². The SMILES string of the molecule is COC(OC)C(C)NCc1ccc(Cl)c(Br)c1. The van der Waals surface area contributed by atoms with Crippen LogP contribution < -0.4 is 5.32 Å². The fourth-order valence-corrected chi connectivity index (χ4v) is 2.07. The van der Waals surface area contributed by atoms with Crippen molar-refractivity contribution in [2.24, 2.45) is 0 Å². The monoisotopic (exact) mass is 321 g/mol. The van der Waals surface area contributed by atoms with Gasteiger partial charge < -0.3 is 14.8 Å². The number of halogens is 2. The molecule has 1 unspecified atom stereocenters. The van der Waals surface area contributed by atoms with E-state index in [1.165, 1.54) is 0 Å². The van der Waals surface area contributed by atoms with E-state index in [0.29, 0.717) is 5.02 Å². The first-order valence-electron chi connectivity index (χ1n) is 5.31. The lowest BCUT2D eigenvalue weighted by Crippen LogP contribution is -2.39. The van der Waals surface area contributed by atoms with Crippen LogP contribution in [0.3, 0.4) is 0 Å². The number of ether oxygens (including phenoxy) is 2. The highest BCUT2D eigenvalue weighted by Crippen LogP contribution is 2.23. The van der Waals surface area contributed by atoms with Crippen molar-refractivity contribution >= 4 is 27.5 Å². The van der Waals surface area contributed by atoms with Crippen LogP contribution in [0.2, 0.25) is 5.02 Å². The van der Waals surface area contributed by atoms with Gasteiger partial charge in [0.2, 0.25) is 0 Å². The molecule has 17 heavy (non-hydrogen) atoms. The van der Waals surface area contributed by atoms with Crippen LogP contribution in [0.1, 0.15) is 12.5 Å². The van der Waals surface area contributed by atoms with Gasteiger partial charge >= 0.3 is 0 Å². The van der Waals surface area contributed by atoms with Crippen LogP contribution in [-0.4, -0.2) is 26.6 Å². The van der Waals surface area contributed by atoms with Crippen molar-refractivity contribution in [3.8, 4) is 0 Å². The van der Waals surface area contributed by atoms with Crippen molar-refractivity contribution in [1.29, 1.82) is 0 Å². The van der Waals surface area contributed by atoms with Crippen molar-refractivity contribution in [2.75, 3.05) is 14.2 Å². The Hall–Kier alpha value is -0.130. The van der Waals surface area contributed by atoms with Gasteiger partial charge in [0.25, 0.3) is 0 Å². The smallest absolute Gasteiger partial charge is 0.171 e. The normalized spacial score (nSPS) is 13.1. The fraction of sp³-hybridized carbons (Fsp3) is 0.500.